The molecular weight excluding hydrogens is 300 g/mol. The maximum absolute atomic E-state index is 4.60. The molecule has 24 heavy (non-hydrogen) atoms. The molecule has 0 saturated carbocycles. The van der Waals surface area contributed by atoms with Crippen LogP contribution in [0.4, 0.5) is 5.82 Å². The van der Waals surface area contributed by atoms with Crippen molar-refractivity contribution in [2.75, 3.05) is 5.32 Å². The van der Waals surface area contributed by atoms with Crippen LogP contribution in [0.25, 0.3) is 11.5 Å². The van der Waals surface area contributed by atoms with Crippen LogP contribution in [0.5, 0.6) is 0 Å². The van der Waals surface area contributed by atoms with E-state index in [0.29, 0.717) is 5.82 Å². The summed E-state index contributed by atoms with van der Waals surface area (Å²) in [5, 5.41) is 7.95. The highest BCUT2D eigenvalue weighted by Gasteiger charge is 2.10. The fourth-order valence-corrected chi connectivity index (χ4v) is 2.67. The van der Waals surface area contributed by atoms with Crippen molar-refractivity contribution in [1.82, 2.24) is 24.7 Å². The summed E-state index contributed by atoms with van der Waals surface area (Å²) in [6, 6.07) is 9.96. The second-order valence-corrected chi connectivity index (χ2v) is 6.09. The number of aryl methyl sites for hydroxylation is 3. The molecule has 3 rings (SSSR count). The number of rotatable bonds is 5. The maximum Gasteiger partial charge on any atom is 0.180 e. The summed E-state index contributed by atoms with van der Waals surface area (Å²) < 4.78 is 2.01. The standard InChI is InChI=1S/C18H22N6/c1-12-10-17(22-18(21-12)16-7-5-6-8-19-16)20-14(3)11-24-15(4)9-13(2)23-24/h5-10,14H,11H2,1-4H3,(H,20,21,22)/t14-/m1/s1. The Morgan fingerprint density at radius 1 is 1.08 bits per heavy atom. The van der Waals surface area contributed by atoms with E-state index in [1.807, 2.05) is 42.8 Å². The molecule has 0 saturated heterocycles. The molecule has 0 unspecified atom stereocenters. The molecule has 0 fully saturated rings. The van der Waals surface area contributed by atoms with Gasteiger partial charge in [0.25, 0.3) is 0 Å². The van der Waals surface area contributed by atoms with Gasteiger partial charge in [0.1, 0.15) is 11.5 Å². The molecule has 0 amide bonds. The summed E-state index contributed by atoms with van der Waals surface area (Å²) in [5.74, 6) is 1.44. The molecule has 0 aliphatic heterocycles. The Morgan fingerprint density at radius 2 is 1.92 bits per heavy atom. The van der Waals surface area contributed by atoms with Crippen LogP contribution in [-0.4, -0.2) is 30.8 Å². The van der Waals surface area contributed by atoms with Crippen LogP contribution in [0.15, 0.2) is 36.5 Å². The van der Waals surface area contributed by atoms with Crippen molar-refractivity contribution in [1.29, 1.82) is 0 Å². The van der Waals surface area contributed by atoms with Gasteiger partial charge in [-0.15, -0.1) is 0 Å². The fourth-order valence-electron chi connectivity index (χ4n) is 2.67. The summed E-state index contributed by atoms with van der Waals surface area (Å²) in [5.41, 5.74) is 3.88. The molecule has 0 aliphatic carbocycles. The van der Waals surface area contributed by atoms with E-state index in [0.717, 1.165) is 35.1 Å². The first-order valence-corrected chi connectivity index (χ1v) is 8.06. The molecule has 0 aliphatic rings. The van der Waals surface area contributed by atoms with Crippen LogP contribution in [-0.2, 0) is 6.54 Å². The quantitative estimate of drug-likeness (QED) is 0.781. The largest absolute Gasteiger partial charge is 0.366 e. The molecule has 0 spiro atoms. The predicted octanol–water partition coefficient (Wildman–Crippen LogP) is 3.16. The van der Waals surface area contributed by atoms with Gasteiger partial charge in [-0.3, -0.25) is 9.67 Å². The third-order valence-corrected chi connectivity index (χ3v) is 3.69. The van der Waals surface area contributed by atoms with Gasteiger partial charge in [0.05, 0.1) is 12.2 Å². The second kappa shape index (κ2) is 6.78. The lowest BCUT2D eigenvalue weighted by atomic mass is 10.3. The first kappa shape index (κ1) is 16.1. The number of aromatic nitrogens is 5. The van der Waals surface area contributed by atoms with E-state index in [9.17, 15) is 0 Å². The Balaban J connectivity index is 1.77. The molecule has 1 atom stereocenters. The zero-order valence-corrected chi connectivity index (χ0v) is 14.5. The van der Waals surface area contributed by atoms with Gasteiger partial charge < -0.3 is 5.32 Å². The molecule has 0 aromatic carbocycles. The third-order valence-electron chi connectivity index (χ3n) is 3.69. The average Bonchev–Trinajstić information content (AvgIpc) is 2.85. The van der Waals surface area contributed by atoms with Gasteiger partial charge >= 0.3 is 0 Å². The number of anilines is 1. The van der Waals surface area contributed by atoms with Crippen molar-refractivity contribution in [3.8, 4) is 11.5 Å². The summed E-state index contributed by atoms with van der Waals surface area (Å²) in [6.45, 7) is 8.94. The van der Waals surface area contributed by atoms with Crippen molar-refractivity contribution in [2.45, 2.75) is 40.3 Å². The van der Waals surface area contributed by atoms with E-state index in [1.54, 1.807) is 6.20 Å². The lowest BCUT2D eigenvalue weighted by Crippen LogP contribution is -2.24. The predicted molar refractivity (Wildman–Crippen MR) is 94.8 cm³/mol. The first-order valence-electron chi connectivity index (χ1n) is 8.06. The third kappa shape index (κ3) is 3.76. The van der Waals surface area contributed by atoms with E-state index in [4.69, 9.17) is 0 Å². The minimum absolute atomic E-state index is 0.189. The lowest BCUT2D eigenvalue weighted by molar-refractivity contribution is 0.544. The Kier molecular flexibility index (Phi) is 4.55. The summed E-state index contributed by atoms with van der Waals surface area (Å²) in [6.07, 6.45) is 1.75. The summed E-state index contributed by atoms with van der Waals surface area (Å²) in [7, 11) is 0. The van der Waals surface area contributed by atoms with E-state index in [1.165, 1.54) is 0 Å². The molecule has 6 nitrogen and oxygen atoms in total. The Labute approximate surface area is 142 Å². The zero-order chi connectivity index (χ0) is 17.1. The summed E-state index contributed by atoms with van der Waals surface area (Å²) >= 11 is 0. The zero-order valence-electron chi connectivity index (χ0n) is 14.5. The number of hydrogen-bond donors (Lipinski definition) is 1. The molecule has 0 bridgehead atoms. The van der Waals surface area contributed by atoms with Crippen LogP contribution >= 0.6 is 0 Å². The van der Waals surface area contributed by atoms with Crippen molar-refractivity contribution in [3.63, 3.8) is 0 Å². The first-order chi connectivity index (χ1) is 11.5. The minimum Gasteiger partial charge on any atom is -0.366 e. The average molecular weight is 322 g/mol. The number of nitrogens with one attached hydrogen (secondary N) is 1. The summed E-state index contributed by atoms with van der Waals surface area (Å²) in [4.78, 5) is 13.4. The second-order valence-electron chi connectivity index (χ2n) is 6.09. The normalized spacial score (nSPS) is 12.2. The number of nitrogens with zero attached hydrogens (tertiary/aromatic N) is 5. The molecule has 6 heteroatoms. The van der Waals surface area contributed by atoms with Crippen molar-refractivity contribution in [3.05, 3.63) is 53.6 Å². The highest BCUT2D eigenvalue weighted by molar-refractivity contribution is 5.52. The van der Waals surface area contributed by atoms with Gasteiger partial charge in [-0.1, -0.05) is 6.07 Å². The molecule has 3 aromatic heterocycles. The van der Waals surface area contributed by atoms with Gasteiger partial charge in [-0.05, 0) is 45.9 Å². The maximum atomic E-state index is 4.60. The van der Waals surface area contributed by atoms with Gasteiger partial charge in [-0.25, -0.2) is 9.97 Å². The van der Waals surface area contributed by atoms with E-state index >= 15 is 0 Å². The minimum atomic E-state index is 0.189. The number of pyridine rings is 1. The van der Waals surface area contributed by atoms with Crippen LogP contribution in [0.2, 0.25) is 0 Å². The Morgan fingerprint density at radius 3 is 2.58 bits per heavy atom. The van der Waals surface area contributed by atoms with Crippen molar-refractivity contribution >= 4 is 5.82 Å². The van der Waals surface area contributed by atoms with Crippen molar-refractivity contribution in [2.24, 2.45) is 0 Å². The van der Waals surface area contributed by atoms with E-state index in [2.05, 4.69) is 45.3 Å². The Hall–Kier alpha value is -2.76. The van der Waals surface area contributed by atoms with Gasteiger partial charge in [-0.2, -0.15) is 5.10 Å². The Bertz CT molecular complexity index is 825. The highest BCUT2D eigenvalue weighted by Crippen LogP contribution is 2.16. The van der Waals surface area contributed by atoms with E-state index < -0.39 is 0 Å². The molecule has 1 N–H and O–H groups in total. The monoisotopic (exact) mass is 322 g/mol. The molecule has 3 heterocycles. The van der Waals surface area contributed by atoms with Gasteiger partial charge in [0, 0.05) is 29.7 Å². The van der Waals surface area contributed by atoms with Crippen LogP contribution in [0, 0.1) is 20.8 Å². The van der Waals surface area contributed by atoms with Crippen LogP contribution in [0.1, 0.15) is 24.0 Å². The van der Waals surface area contributed by atoms with Gasteiger partial charge in [0.15, 0.2) is 5.82 Å². The molecule has 3 aromatic rings. The van der Waals surface area contributed by atoms with Gasteiger partial charge in [0.2, 0.25) is 0 Å². The number of hydrogen-bond acceptors (Lipinski definition) is 5. The lowest BCUT2D eigenvalue weighted by Gasteiger charge is -2.16. The SMILES string of the molecule is Cc1cc(N[C@H](C)Cn2nc(C)cc2C)nc(-c2ccccn2)n1. The topological polar surface area (TPSA) is 68.5 Å². The van der Waals surface area contributed by atoms with Crippen LogP contribution < -0.4 is 5.32 Å². The fraction of sp³-hybridized carbons (Fsp3) is 0.333. The molecule has 124 valence electrons. The van der Waals surface area contributed by atoms with Crippen molar-refractivity contribution < 1.29 is 0 Å². The smallest absolute Gasteiger partial charge is 0.180 e. The van der Waals surface area contributed by atoms with Crippen LogP contribution in [0.3, 0.4) is 0 Å². The van der Waals surface area contributed by atoms with E-state index in [-0.39, 0.29) is 6.04 Å². The molecule has 0 radical (unpaired) electrons. The highest BCUT2D eigenvalue weighted by atomic mass is 15.3. The molecular formula is C18H22N6.